The second kappa shape index (κ2) is 11.1. The van der Waals surface area contributed by atoms with E-state index in [-0.39, 0.29) is 24.1 Å². The normalized spacial score (nSPS) is 16.2. The van der Waals surface area contributed by atoms with E-state index >= 15 is 0 Å². The first-order valence-corrected chi connectivity index (χ1v) is 12.0. The number of nitrogens with one attached hydrogen (secondary N) is 1. The Kier molecular flexibility index (Phi) is 7.68. The van der Waals surface area contributed by atoms with E-state index in [1.165, 1.54) is 12.7 Å². The number of likely N-dealkylation sites (tertiary alicyclic amines) is 1. The number of benzene rings is 3. The molecule has 3 aromatic rings. The number of hydrogen-bond donors (Lipinski definition) is 2. The van der Waals surface area contributed by atoms with Gasteiger partial charge < -0.3 is 20.2 Å². The fraction of sp³-hybridized carbons (Fsp3) is 0.276. The molecule has 2 N–H and O–H groups in total. The van der Waals surface area contributed by atoms with Gasteiger partial charge in [0.05, 0.1) is 12.3 Å². The molecule has 4 rings (SSSR count). The molecule has 1 atom stereocenters. The van der Waals surface area contributed by atoms with Crippen molar-refractivity contribution < 1.29 is 19.5 Å². The van der Waals surface area contributed by atoms with Crippen LogP contribution in [0.25, 0.3) is 11.1 Å². The van der Waals surface area contributed by atoms with Gasteiger partial charge in [0.15, 0.2) is 0 Å². The minimum atomic E-state index is -0.665. The molecule has 1 saturated heterocycles. The van der Waals surface area contributed by atoms with Gasteiger partial charge >= 0.3 is 0 Å². The SMILES string of the molecule is CON=C1C[C@@H](C(=O)NCCc2ccc(O)cc2)N(C(=O)c2ccc(-c3ccccc3C)cc2C)C1. The van der Waals surface area contributed by atoms with Crippen LogP contribution in [-0.2, 0) is 16.1 Å². The summed E-state index contributed by atoms with van der Waals surface area (Å²) in [7, 11) is 1.46. The number of amides is 2. The Bertz CT molecular complexity index is 1280. The van der Waals surface area contributed by atoms with Gasteiger partial charge in [-0.25, -0.2) is 0 Å². The molecule has 1 aliphatic rings. The average molecular weight is 486 g/mol. The summed E-state index contributed by atoms with van der Waals surface area (Å²) in [5.74, 6) is -0.225. The fourth-order valence-electron chi connectivity index (χ4n) is 4.58. The first-order valence-electron chi connectivity index (χ1n) is 12.0. The summed E-state index contributed by atoms with van der Waals surface area (Å²) in [5, 5.41) is 16.4. The molecule has 0 spiro atoms. The van der Waals surface area contributed by atoms with Crippen molar-refractivity contribution in [1.82, 2.24) is 10.2 Å². The Morgan fingerprint density at radius 2 is 1.81 bits per heavy atom. The lowest BCUT2D eigenvalue weighted by molar-refractivity contribution is -0.124. The highest BCUT2D eigenvalue weighted by molar-refractivity contribution is 6.06. The van der Waals surface area contributed by atoms with Crippen molar-refractivity contribution in [2.24, 2.45) is 5.16 Å². The first kappa shape index (κ1) is 25.0. The quantitative estimate of drug-likeness (QED) is 0.490. The molecule has 0 aromatic heterocycles. The molecule has 2 amide bonds. The van der Waals surface area contributed by atoms with Crippen LogP contribution in [0.2, 0.25) is 0 Å². The van der Waals surface area contributed by atoms with Gasteiger partial charge in [0.1, 0.15) is 18.9 Å². The topological polar surface area (TPSA) is 91.2 Å². The molecule has 0 bridgehead atoms. The minimum Gasteiger partial charge on any atom is -0.508 e. The number of aryl methyl sites for hydroxylation is 2. The monoisotopic (exact) mass is 485 g/mol. The Morgan fingerprint density at radius 1 is 1.06 bits per heavy atom. The van der Waals surface area contributed by atoms with Crippen LogP contribution < -0.4 is 5.32 Å². The van der Waals surface area contributed by atoms with E-state index in [2.05, 4.69) is 29.5 Å². The third kappa shape index (κ3) is 5.57. The lowest BCUT2D eigenvalue weighted by Gasteiger charge is -2.24. The van der Waals surface area contributed by atoms with Gasteiger partial charge in [-0.3, -0.25) is 9.59 Å². The Hall–Kier alpha value is -4.13. The molecule has 1 aliphatic heterocycles. The zero-order valence-electron chi connectivity index (χ0n) is 20.8. The number of carbonyl (C=O) groups excluding carboxylic acids is 2. The van der Waals surface area contributed by atoms with E-state index in [4.69, 9.17) is 4.84 Å². The average Bonchev–Trinajstić information content (AvgIpc) is 3.29. The standard InChI is InChI=1S/C29H31N3O4/c1-19-6-4-5-7-25(19)22-10-13-26(20(2)16-22)29(35)32-18-23(31-36-3)17-27(32)28(34)30-15-14-21-8-11-24(33)12-9-21/h4-13,16,27,33H,14-15,17-18H2,1-3H3,(H,30,34)/t27-/m0/s1. The van der Waals surface area contributed by atoms with Gasteiger partial charge in [-0.2, -0.15) is 0 Å². The van der Waals surface area contributed by atoms with Gasteiger partial charge in [0, 0.05) is 18.5 Å². The van der Waals surface area contributed by atoms with Crippen molar-refractivity contribution in [1.29, 1.82) is 0 Å². The lowest BCUT2D eigenvalue weighted by Crippen LogP contribution is -2.46. The fourth-order valence-corrected chi connectivity index (χ4v) is 4.58. The Balaban J connectivity index is 1.50. The molecule has 7 nitrogen and oxygen atoms in total. The maximum absolute atomic E-state index is 13.6. The number of oxime groups is 1. The highest BCUT2D eigenvalue weighted by Gasteiger charge is 2.38. The predicted molar refractivity (Wildman–Crippen MR) is 140 cm³/mol. The van der Waals surface area contributed by atoms with Crippen LogP contribution >= 0.6 is 0 Å². The molecule has 0 saturated carbocycles. The number of nitrogens with zero attached hydrogens (tertiary/aromatic N) is 2. The van der Waals surface area contributed by atoms with E-state index in [1.54, 1.807) is 17.0 Å². The molecule has 36 heavy (non-hydrogen) atoms. The zero-order chi connectivity index (χ0) is 25.7. The van der Waals surface area contributed by atoms with Crippen molar-refractivity contribution in [2.45, 2.75) is 32.7 Å². The van der Waals surface area contributed by atoms with Gasteiger partial charge in [-0.1, -0.05) is 53.7 Å². The van der Waals surface area contributed by atoms with E-state index in [0.29, 0.717) is 30.7 Å². The largest absolute Gasteiger partial charge is 0.508 e. The molecule has 186 valence electrons. The van der Waals surface area contributed by atoms with Crippen molar-refractivity contribution in [3.63, 3.8) is 0 Å². The second-order valence-electron chi connectivity index (χ2n) is 9.05. The number of hydrogen-bond acceptors (Lipinski definition) is 5. The molecule has 1 fully saturated rings. The van der Waals surface area contributed by atoms with Gasteiger partial charge in [0.25, 0.3) is 5.91 Å². The van der Waals surface area contributed by atoms with Crippen molar-refractivity contribution in [3.05, 3.63) is 89.0 Å². The van der Waals surface area contributed by atoms with Crippen molar-refractivity contribution in [3.8, 4) is 16.9 Å². The lowest BCUT2D eigenvalue weighted by atomic mass is 9.96. The van der Waals surface area contributed by atoms with Crippen molar-refractivity contribution >= 4 is 17.5 Å². The summed E-state index contributed by atoms with van der Waals surface area (Å²) in [6.45, 7) is 4.64. The maximum Gasteiger partial charge on any atom is 0.255 e. The number of aromatic hydroxyl groups is 1. The van der Waals surface area contributed by atoms with Gasteiger partial charge in [-0.05, 0) is 66.3 Å². The van der Waals surface area contributed by atoms with Crippen molar-refractivity contribution in [2.75, 3.05) is 20.2 Å². The zero-order valence-corrected chi connectivity index (χ0v) is 20.8. The molecular weight excluding hydrogens is 454 g/mol. The van der Waals surface area contributed by atoms with E-state index in [9.17, 15) is 14.7 Å². The second-order valence-corrected chi connectivity index (χ2v) is 9.05. The van der Waals surface area contributed by atoms with E-state index < -0.39 is 6.04 Å². The number of phenolic OH excluding ortho intramolecular Hbond substituents is 1. The molecule has 0 radical (unpaired) electrons. The third-order valence-corrected chi connectivity index (χ3v) is 6.50. The minimum absolute atomic E-state index is 0.204. The van der Waals surface area contributed by atoms with Crippen LogP contribution in [0.1, 0.15) is 33.5 Å². The van der Waals surface area contributed by atoms with Gasteiger partial charge in [0.2, 0.25) is 5.91 Å². The highest BCUT2D eigenvalue weighted by Crippen LogP contribution is 2.27. The maximum atomic E-state index is 13.6. The van der Waals surface area contributed by atoms with Gasteiger partial charge in [-0.15, -0.1) is 0 Å². The van der Waals surface area contributed by atoms with Crippen LogP contribution in [-0.4, -0.2) is 53.8 Å². The summed E-state index contributed by atoms with van der Waals surface area (Å²) < 4.78 is 0. The van der Waals surface area contributed by atoms with Crippen LogP contribution in [0.3, 0.4) is 0 Å². The van der Waals surface area contributed by atoms with Crippen LogP contribution in [0.15, 0.2) is 71.9 Å². The van der Waals surface area contributed by atoms with E-state index in [0.717, 1.165) is 22.3 Å². The molecule has 1 heterocycles. The molecule has 0 unspecified atom stereocenters. The smallest absolute Gasteiger partial charge is 0.255 e. The highest BCUT2D eigenvalue weighted by atomic mass is 16.6. The molecule has 0 aliphatic carbocycles. The van der Waals surface area contributed by atoms with Crippen LogP contribution in [0, 0.1) is 13.8 Å². The predicted octanol–water partition coefficient (Wildman–Crippen LogP) is 4.25. The van der Waals surface area contributed by atoms with E-state index in [1.807, 2.05) is 49.4 Å². The summed E-state index contributed by atoms with van der Waals surface area (Å²) >= 11 is 0. The van der Waals surface area contributed by atoms with Crippen LogP contribution in [0.5, 0.6) is 5.75 Å². The number of rotatable bonds is 7. The molecular formula is C29H31N3O4. The number of phenols is 1. The summed E-state index contributed by atoms with van der Waals surface area (Å²) in [6.07, 6.45) is 0.941. The Morgan fingerprint density at radius 3 is 2.50 bits per heavy atom. The summed E-state index contributed by atoms with van der Waals surface area (Å²) in [4.78, 5) is 33.2. The Labute approximate surface area is 211 Å². The van der Waals surface area contributed by atoms with Crippen LogP contribution in [0.4, 0.5) is 0 Å². The third-order valence-electron chi connectivity index (χ3n) is 6.50. The number of carbonyl (C=O) groups is 2. The molecule has 3 aromatic carbocycles. The molecule has 7 heteroatoms. The summed E-state index contributed by atoms with van der Waals surface area (Å²) in [6, 6.07) is 20.2. The first-order chi connectivity index (χ1) is 17.4. The summed E-state index contributed by atoms with van der Waals surface area (Å²) in [5.41, 5.74) is 6.41.